The van der Waals surface area contributed by atoms with Gasteiger partial charge >= 0.3 is 0 Å². The van der Waals surface area contributed by atoms with Gasteiger partial charge in [0.25, 0.3) is 0 Å². The summed E-state index contributed by atoms with van der Waals surface area (Å²) in [5.74, 6) is 0.0851. The highest BCUT2D eigenvalue weighted by molar-refractivity contribution is 5.85. The van der Waals surface area contributed by atoms with E-state index >= 15 is 0 Å². The predicted octanol–water partition coefficient (Wildman–Crippen LogP) is 2.85. The number of aromatic nitrogens is 2. The average Bonchev–Trinajstić information content (AvgIpc) is 2.70. The monoisotopic (exact) mass is 378 g/mol. The Hall–Kier alpha value is -0.780. The number of halogens is 2. The van der Waals surface area contributed by atoms with Crippen molar-refractivity contribution in [2.75, 3.05) is 13.1 Å². The topological polar surface area (TPSA) is 59.0 Å². The molecule has 0 atom stereocenters. The second-order valence-corrected chi connectivity index (χ2v) is 6.44. The van der Waals surface area contributed by atoms with Gasteiger partial charge < -0.3 is 10.6 Å². The molecule has 0 unspecified atom stereocenters. The van der Waals surface area contributed by atoms with Crippen molar-refractivity contribution in [3.8, 4) is 0 Å². The Kier molecular flexibility index (Phi) is 11.3. The van der Waals surface area contributed by atoms with Gasteiger partial charge in [0.15, 0.2) is 0 Å². The zero-order chi connectivity index (χ0) is 15.9. The van der Waals surface area contributed by atoms with Gasteiger partial charge in [-0.25, -0.2) is 0 Å². The van der Waals surface area contributed by atoms with Crippen molar-refractivity contribution in [1.29, 1.82) is 0 Å². The van der Waals surface area contributed by atoms with E-state index in [9.17, 15) is 4.79 Å². The van der Waals surface area contributed by atoms with Crippen LogP contribution >= 0.6 is 24.8 Å². The van der Waals surface area contributed by atoms with Crippen LogP contribution in [0.25, 0.3) is 0 Å². The number of hydrogen-bond acceptors (Lipinski definition) is 3. The lowest BCUT2D eigenvalue weighted by molar-refractivity contribution is -0.120. The fourth-order valence-electron chi connectivity index (χ4n) is 3.26. The van der Waals surface area contributed by atoms with E-state index in [0.717, 1.165) is 23.5 Å². The normalized spacial score (nSPS) is 15.1. The van der Waals surface area contributed by atoms with Gasteiger partial charge in [0.1, 0.15) is 0 Å². The molecule has 0 bridgehead atoms. The minimum Gasteiger partial charge on any atom is -0.355 e. The van der Waals surface area contributed by atoms with Gasteiger partial charge in [-0.05, 0) is 26.7 Å². The van der Waals surface area contributed by atoms with Crippen LogP contribution in [0.3, 0.4) is 0 Å². The number of nitrogens with zero attached hydrogens (tertiary/aromatic N) is 2. The predicted molar refractivity (Wildman–Crippen MR) is 103 cm³/mol. The Morgan fingerprint density at radius 3 is 2.29 bits per heavy atom. The first kappa shape index (κ1) is 23.2. The molecule has 140 valence electrons. The van der Waals surface area contributed by atoms with E-state index in [4.69, 9.17) is 0 Å². The number of amides is 1. The zero-order valence-electron chi connectivity index (χ0n) is 15.1. The van der Waals surface area contributed by atoms with Crippen molar-refractivity contribution in [2.24, 2.45) is 7.05 Å². The summed E-state index contributed by atoms with van der Waals surface area (Å²) in [6, 6.07) is 0.641. The lowest BCUT2D eigenvalue weighted by Gasteiger charge is -2.16. The molecule has 0 radical (unpaired) electrons. The van der Waals surface area contributed by atoms with Crippen LogP contribution in [0.4, 0.5) is 0 Å². The molecule has 7 heteroatoms. The summed E-state index contributed by atoms with van der Waals surface area (Å²) >= 11 is 0. The van der Waals surface area contributed by atoms with Gasteiger partial charge in [-0.15, -0.1) is 24.8 Å². The van der Waals surface area contributed by atoms with E-state index in [1.54, 1.807) is 0 Å². The molecule has 5 nitrogen and oxygen atoms in total. The minimum absolute atomic E-state index is 0. The number of rotatable bonds is 6. The Bertz CT molecular complexity index is 497. The lowest BCUT2D eigenvalue weighted by atomic mass is 10.1. The van der Waals surface area contributed by atoms with Crippen LogP contribution in [0.5, 0.6) is 0 Å². The molecule has 1 heterocycles. The van der Waals surface area contributed by atoms with E-state index in [2.05, 4.69) is 15.7 Å². The van der Waals surface area contributed by atoms with Crippen molar-refractivity contribution in [2.45, 2.75) is 64.8 Å². The van der Waals surface area contributed by atoms with Gasteiger partial charge in [-0.3, -0.25) is 9.48 Å². The third-order valence-electron chi connectivity index (χ3n) is 4.73. The molecule has 2 N–H and O–H groups in total. The standard InChI is InChI=1S/C17H30N4O.2ClH/c1-13-16(14(2)21(3)20-13)12-17(22)19-11-10-18-15-8-6-4-5-7-9-15;;/h15,18H,4-12H2,1-3H3,(H,19,22);2*1H. The Morgan fingerprint density at radius 2 is 1.75 bits per heavy atom. The first-order valence-electron chi connectivity index (χ1n) is 8.57. The molecule has 1 amide bonds. The Balaban J connectivity index is 0.00000264. The molecule has 1 aromatic rings. The number of nitrogens with one attached hydrogen (secondary N) is 2. The molecule has 0 aromatic carbocycles. The number of aryl methyl sites for hydroxylation is 2. The fourth-order valence-corrected chi connectivity index (χ4v) is 3.26. The maximum absolute atomic E-state index is 12.1. The average molecular weight is 379 g/mol. The molecule has 0 aliphatic heterocycles. The first-order valence-corrected chi connectivity index (χ1v) is 8.57. The summed E-state index contributed by atoms with van der Waals surface area (Å²) in [5, 5.41) is 10.9. The molecule has 2 rings (SSSR count). The van der Waals surface area contributed by atoms with Gasteiger partial charge in [0.05, 0.1) is 12.1 Å². The van der Waals surface area contributed by atoms with E-state index in [1.165, 1.54) is 38.5 Å². The molecule has 1 aliphatic rings. The SMILES string of the molecule is Cc1nn(C)c(C)c1CC(=O)NCCNC1CCCCCC1.Cl.Cl. The van der Waals surface area contributed by atoms with Crippen LogP contribution in [0.15, 0.2) is 0 Å². The van der Waals surface area contributed by atoms with Gasteiger partial charge in [-0.1, -0.05) is 25.7 Å². The van der Waals surface area contributed by atoms with Gasteiger partial charge in [-0.2, -0.15) is 5.10 Å². The summed E-state index contributed by atoms with van der Waals surface area (Å²) in [6.07, 6.45) is 8.41. The number of hydrogen-bond donors (Lipinski definition) is 2. The van der Waals surface area contributed by atoms with Crippen molar-refractivity contribution >= 4 is 30.7 Å². The quantitative estimate of drug-likeness (QED) is 0.590. The molecular weight excluding hydrogens is 347 g/mol. The molecule has 24 heavy (non-hydrogen) atoms. The molecule has 0 spiro atoms. The maximum atomic E-state index is 12.1. The highest BCUT2D eigenvalue weighted by atomic mass is 35.5. The summed E-state index contributed by atoms with van der Waals surface area (Å²) in [5.41, 5.74) is 3.08. The van der Waals surface area contributed by atoms with Crippen molar-refractivity contribution in [3.05, 3.63) is 17.0 Å². The highest BCUT2D eigenvalue weighted by Gasteiger charge is 2.14. The highest BCUT2D eigenvalue weighted by Crippen LogP contribution is 2.16. The van der Waals surface area contributed by atoms with Crippen LogP contribution < -0.4 is 10.6 Å². The minimum atomic E-state index is 0. The lowest BCUT2D eigenvalue weighted by Crippen LogP contribution is -2.37. The second-order valence-electron chi connectivity index (χ2n) is 6.44. The zero-order valence-corrected chi connectivity index (χ0v) is 16.7. The third-order valence-corrected chi connectivity index (χ3v) is 4.73. The smallest absolute Gasteiger partial charge is 0.224 e. The van der Waals surface area contributed by atoms with E-state index in [-0.39, 0.29) is 30.7 Å². The van der Waals surface area contributed by atoms with Crippen molar-refractivity contribution in [3.63, 3.8) is 0 Å². The van der Waals surface area contributed by atoms with Crippen LogP contribution in [-0.4, -0.2) is 34.8 Å². The summed E-state index contributed by atoms with van der Waals surface area (Å²) < 4.78 is 1.84. The molecule has 1 saturated carbocycles. The van der Waals surface area contributed by atoms with E-state index in [0.29, 0.717) is 19.0 Å². The summed E-state index contributed by atoms with van der Waals surface area (Å²) in [4.78, 5) is 12.1. The third kappa shape index (κ3) is 6.99. The Labute approximate surface area is 158 Å². The Morgan fingerprint density at radius 1 is 1.12 bits per heavy atom. The number of carbonyl (C=O) groups excluding carboxylic acids is 1. The van der Waals surface area contributed by atoms with Gasteiger partial charge in [0.2, 0.25) is 5.91 Å². The fraction of sp³-hybridized carbons (Fsp3) is 0.765. The van der Waals surface area contributed by atoms with Crippen LogP contribution in [0, 0.1) is 13.8 Å². The molecule has 1 fully saturated rings. The van der Waals surface area contributed by atoms with Crippen LogP contribution in [0.1, 0.15) is 55.5 Å². The summed E-state index contributed by atoms with van der Waals surface area (Å²) in [6.45, 7) is 5.54. The van der Waals surface area contributed by atoms with Gasteiger partial charge in [0, 0.05) is 37.4 Å². The second kappa shape index (κ2) is 11.7. The molecule has 1 aromatic heterocycles. The first-order chi connectivity index (χ1) is 10.6. The van der Waals surface area contributed by atoms with E-state index in [1.807, 2.05) is 25.6 Å². The molecule has 0 saturated heterocycles. The number of carbonyl (C=O) groups is 1. The largest absolute Gasteiger partial charge is 0.355 e. The molecule has 1 aliphatic carbocycles. The maximum Gasteiger partial charge on any atom is 0.224 e. The van der Waals surface area contributed by atoms with Crippen molar-refractivity contribution < 1.29 is 4.79 Å². The van der Waals surface area contributed by atoms with Crippen LogP contribution in [0.2, 0.25) is 0 Å². The summed E-state index contributed by atoms with van der Waals surface area (Å²) in [7, 11) is 1.92. The molecular formula is C17H32Cl2N4O. The van der Waals surface area contributed by atoms with E-state index < -0.39 is 0 Å². The van der Waals surface area contributed by atoms with Crippen molar-refractivity contribution in [1.82, 2.24) is 20.4 Å². The van der Waals surface area contributed by atoms with Crippen LogP contribution in [-0.2, 0) is 18.3 Å².